The molecule has 3 heterocycles. The molecule has 1 fully saturated rings. The molecule has 6 heteroatoms. The number of carbonyl (C=O) groups is 1. The number of pyridine rings is 1. The topological polar surface area (TPSA) is 68.5 Å². The number of morpholine rings is 1. The van der Waals surface area contributed by atoms with Crippen molar-refractivity contribution in [3.05, 3.63) is 23.2 Å². The lowest BCUT2D eigenvalue weighted by molar-refractivity contribution is -0.0122. The zero-order chi connectivity index (χ0) is 13.4. The molecule has 0 saturated carbocycles. The minimum absolute atomic E-state index is 0.0179. The Bertz CT molecular complexity index is 625. The fourth-order valence-corrected chi connectivity index (χ4v) is 3.30. The zero-order valence-electron chi connectivity index (χ0n) is 10.6. The van der Waals surface area contributed by atoms with E-state index >= 15 is 0 Å². The van der Waals surface area contributed by atoms with Gasteiger partial charge in [-0.15, -0.1) is 11.3 Å². The number of ether oxygens (including phenoxy) is 1. The maximum absolute atomic E-state index is 12.5. The Morgan fingerprint density at radius 3 is 3.21 bits per heavy atom. The van der Waals surface area contributed by atoms with Gasteiger partial charge in [0.2, 0.25) is 0 Å². The first-order chi connectivity index (χ1) is 9.16. The second-order valence-corrected chi connectivity index (χ2v) is 5.68. The summed E-state index contributed by atoms with van der Waals surface area (Å²) in [4.78, 5) is 19.1. The Morgan fingerprint density at radius 2 is 2.47 bits per heavy atom. The van der Waals surface area contributed by atoms with Crippen LogP contribution in [-0.2, 0) is 4.74 Å². The number of fused-ring (bicyclic) bond motifs is 1. The highest BCUT2D eigenvalue weighted by atomic mass is 32.1. The molecule has 0 radical (unpaired) electrons. The van der Waals surface area contributed by atoms with Gasteiger partial charge in [-0.3, -0.25) is 9.78 Å². The summed E-state index contributed by atoms with van der Waals surface area (Å²) >= 11 is 1.41. The summed E-state index contributed by atoms with van der Waals surface area (Å²) < 4.78 is 6.40. The lowest BCUT2D eigenvalue weighted by Crippen LogP contribution is -2.44. The SMILES string of the molecule is CC1CN(C(=O)c2sc3cccnc3c2N)CCO1. The van der Waals surface area contributed by atoms with Crippen LogP contribution in [0.2, 0.25) is 0 Å². The Balaban J connectivity index is 1.95. The van der Waals surface area contributed by atoms with Crippen LogP contribution in [0.1, 0.15) is 16.6 Å². The molecule has 0 bridgehead atoms. The first-order valence-electron chi connectivity index (χ1n) is 6.20. The van der Waals surface area contributed by atoms with Crippen molar-refractivity contribution in [1.29, 1.82) is 0 Å². The summed E-state index contributed by atoms with van der Waals surface area (Å²) in [6.07, 6.45) is 1.77. The molecular formula is C13H15N3O2S. The van der Waals surface area contributed by atoms with Crippen LogP contribution in [0.5, 0.6) is 0 Å². The van der Waals surface area contributed by atoms with E-state index in [4.69, 9.17) is 10.5 Å². The van der Waals surface area contributed by atoms with Gasteiger partial charge in [0.25, 0.3) is 5.91 Å². The van der Waals surface area contributed by atoms with Crippen molar-refractivity contribution in [1.82, 2.24) is 9.88 Å². The van der Waals surface area contributed by atoms with Crippen molar-refractivity contribution in [2.75, 3.05) is 25.4 Å². The van der Waals surface area contributed by atoms with Crippen molar-refractivity contribution in [2.24, 2.45) is 0 Å². The van der Waals surface area contributed by atoms with Crippen LogP contribution < -0.4 is 5.73 Å². The number of anilines is 1. The summed E-state index contributed by atoms with van der Waals surface area (Å²) in [5, 5.41) is 0. The van der Waals surface area contributed by atoms with Crippen LogP contribution in [0.3, 0.4) is 0 Å². The van der Waals surface area contributed by atoms with Crippen LogP contribution in [0.4, 0.5) is 5.69 Å². The second-order valence-electron chi connectivity index (χ2n) is 4.63. The Kier molecular flexibility index (Phi) is 3.12. The Morgan fingerprint density at radius 1 is 1.63 bits per heavy atom. The molecule has 100 valence electrons. The average Bonchev–Trinajstić information content (AvgIpc) is 2.76. The van der Waals surface area contributed by atoms with E-state index in [1.165, 1.54) is 11.3 Å². The minimum Gasteiger partial charge on any atom is -0.396 e. The number of aromatic nitrogens is 1. The van der Waals surface area contributed by atoms with Crippen molar-refractivity contribution in [3.63, 3.8) is 0 Å². The fraction of sp³-hybridized carbons (Fsp3) is 0.385. The highest BCUT2D eigenvalue weighted by molar-refractivity contribution is 7.21. The molecule has 1 aliphatic heterocycles. The van der Waals surface area contributed by atoms with Crippen LogP contribution in [0, 0.1) is 0 Å². The molecule has 2 aromatic heterocycles. The molecular weight excluding hydrogens is 262 g/mol. The van der Waals surface area contributed by atoms with Crippen LogP contribution >= 0.6 is 11.3 Å². The first kappa shape index (κ1) is 12.4. The van der Waals surface area contributed by atoms with Crippen molar-refractivity contribution < 1.29 is 9.53 Å². The van der Waals surface area contributed by atoms with Gasteiger partial charge >= 0.3 is 0 Å². The van der Waals surface area contributed by atoms with Crippen LogP contribution in [0.15, 0.2) is 18.3 Å². The van der Waals surface area contributed by atoms with E-state index in [-0.39, 0.29) is 12.0 Å². The number of thiophene rings is 1. The van der Waals surface area contributed by atoms with E-state index < -0.39 is 0 Å². The molecule has 0 aliphatic carbocycles. The number of carbonyl (C=O) groups excluding carboxylic acids is 1. The van der Waals surface area contributed by atoms with E-state index in [0.29, 0.717) is 30.3 Å². The Hall–Kier alpha value is -1.66. The van der Waals surface area contributed by atoms with E-state index in [9.17, 15) is 4.79 Å². The number of rotatable bonds is 1. The van der Waals surface area contributed by atoms with E-state index in [0.717, 1.165) is 10.2 Å². The molecule has 2 aromatic rings. The molecule has 1 amide bonds. The van der Waals surface area contributed by atoms with Gasteiger partial charge in [-0.25, -0.2) is 0 Å². The van der Waals surface area contributed by atoms with Gasteiger partial charge in [0, 0.05) is 19.3 Å². The second kappa shape index (κ2) is 4.79. The molecule has 0 aromatic carbocycles. The monoisotopic (exact) mass is 277 g/mol. The number of hydrogen-bond donors (Lipinski definition) is 1. The fourth-order valence-electron chi connectivity index (χ4n) is 2.25. The molecule has 1 atom stereocenters. The smallest absolute Gasteiger partial charge is 0.266 e. The highest BCUT2D eigenvalue weighted by Crippen LogP contribution is 2.32. The number of amides is 1. The van der Waals surface area contributed by atoms with Gasteiger partial charge in [0.15, 0.2) is 0 Å². The Labute approximate surface area is 115 Å². The molecule has 1 aliphatic rings. The zero-order valence-corrected chi connectivity index (χ0v) is 11.4. The largest absolute Gasteiger partial charge is 0.396 e. The number of hydrogen-bond acceptors (Lipinski definition) is 5. The van der Waals surface area contributed by atoms with Gasteiger partial charge in [-0.05, 0) is 19.1 Å². The van der Waals surface area contributed by atoms with E-state index in [2.05, 4.69) is 4.98 Å². The lowest BCUT2D eigenvalue weighted by atomic mass is 10.2. The summed E-state index contributed by atoms with van der Waals surface area (Å²) in [6, 6.07) is 3.78. The standard InChI is InChI=1S/C13H15N3O2S/c1-8-7-16(5-6-18-8)13(17)12-10(14)11-9(19-12)3-2-4-15-11/h2-4,8H,5-7,14H2,1H3. The predicted octanol–water partition coefficient (Wildman–Crippen LogP) is 1.74. The van der Waals surface area contributed by atoms with Crippen LogP contribution in [-0.4, -0.2) is 41.6 Å². The maximum Gasteiger partial charge on any atom is 0.266 e. The predicted molar refractivity (Wildman–Crippen MR) is 75.3 cm³/mol. The van der Waals surface area contributed by atoms with Gasteiger partial charge in [0.05, 0.1) is 23.1 Å². The molecule has 1 unspecified atom stereocenters. The lowest BCUT2D eigenvalue weighted by Gasteiger charge is -2.30. The van der Waals surface area contributed by atoms with Gasteiger partial charge in [-0.1, -0.05) is 0 Å². The maximum atomic E-state index is 12.5. The number of nitrogens with two attached hydrogens (primary N) is 1. The summed E-state index contributed by atoms with van der Waals surface area (Å²) in [7, 11) is 0. The molecule has 3 rings (SSSR count). The summed E-state index contributed by atoms with van der Waals surface area (Å²) in [6.45, 7) is 3.77. The minimum atomic E-state index is -0.0179. The highest BCUT2D eigenvalue weighted by Gasteiger charge is 2.26. The number of nitrogens with zero attached hydrogens (tertiary/aromatic N) is 2. The van der Waals surface area contributed by atoms with Gasteiger partial charge < -0.3 is 15.4 Å². The van der Waals surface area contributed by atoms with E-state index in [1.54, 1.807) is 11.1 Å². The van der Waals surface area contributed by atoms with Crippen molar-refractivity contribution >= 4 is 33.1 Å². The normalized spacial score (nSPS) is 19.8. The molecule has 1 saturated heterocycles. The quantitative estimate of drug-likeness (QED) is 0.862. The van der Waals surface area contributed by atoms with E-state index in [1.807, 2.05) is 19.1 Å². The van der Waals surface area contributed by atoms with Crippen molar-refractivity contribution in [3.8, 4) is 0 Å². The number of nitrogen functional groups attached to an aromatic ring is 1. The summed E-state index contributed by atoms with van der Waals surface area (Å²) in [5.41, 5.74) is 7.26. The third-order valence-corrected chi connectivity index (χ3v) is 4.35. The average molecular weight is 277 g/mol. The molecule has 5 nitrogen and oxygen atoms in total. The first-order valence-corrected chi connectivity index (χ1v) is 7.02. The molecule has 19 heavy (non-hydrogen) atoms. The molecule has 0 spiro atoms. The third-order valence-electron chi connectivity index (χ3n) is 3.20. The third kappa shape index (κ3) is 2.17. The van der Waals surface area contributed by atoms with Gasteiger partial charge in [-0.2, -0.15) is 0 Å². The van der Waals surface area contributed by atoms with Gasteiger partial charge in [0.1, 0.15) is 10.4 Å². The van der Waals surface area contributed by atoms with Crippen LogP contribution in [0.25, 0.3) is 10.2 Å². The molecule has 2 N–H and O–H groups in total. The summed E-state index contributed by atoms with van der Waals surface area (Å²) in [5.74, 6) is -0.0179. The van der Waals surface area contributed by atoms with Crippen molar-refractivity contribution in [2.45, 2.75) is 13.0 Å².